The smallest absolute Gasteiger partial charge is 0.341 e. The van der Waals surface area contributed by atoms with E-state index >= 15 is 0 Å². The van der Waals surface area contributed by atoms with Crippen molar-refractivity contribution in [3.05, 3.63) is 16.0 Å². The Hall–Kier alpha value is -1.89. The summed E-state index contributed by atoms with van der Waals surface area (Å²) < 4.78 is 5.61. The fourth-order valence-corrected chi connectivity index (χ4v) is 7.70. The van der Waals surface area contributed by atoms with Crippen molar-refractivity contribution in [2.24, 2.45) is 23.7 Å². The molecule has 1 aromatic heterocycles. The first-order valence-corrected chi connectivity index (χ1v) is 14.1. The van der Waals surface area contributed by atoms with E-state index in [2.05, 4.69) is 5.32 Å². The summed E-state index contributed by atoms with van der Waals surface area (Å²) >= 11 is 1.50. The van der Waals surface area contributed by atoms with E-state index in [0.29, 0.717) is 10.6 Å². The van der Waals surface area contributed by atoms with Crippen molar-refractivity contribution < 1.29 is 24.2 Å². The number of hydrogen-bond acceptors (Lipinski definition) is 5. The van der Waals surface area contributed by atoms with Gasteiger partial charge in [-0.25, -0.2) is 4.79 Å². The van der Waals surface area contributed by atoms with Gasteiger partial charge in [0.15, 0.2) is 0 Å². The van der Waals surface area contributed by atoms with Crippen LogP contribution in [0.2, 0.25) is 0 Å². The Bertz CT molecular complexity index is 907. The Balaban J connectivity index is 1.63. The highest BCUT2D eigenvalue weighted by Crippen LogP contribution is 2.53. The topological polar surface area (TPSA) is 92.7 Å². The molecule has 3 aliphatic carbocycles. The summed E-state index contributed by atoms with van der Waals surface area (Å²) in [6.07, 6.45) is 13.5. The number of aryl methyl sites for hydroxylation is 1. The zero-order valence-corrected chi connectivity index (χ0v) is 21.4. The van der Waals surface area contributed by atoms with Gasteiger partial charge in [-0.2, -0.15) is 0 Å². The molecule has 3 aliphatic rings. The Morgan fingerprint density at radius 2 is 1.50 bits per heavy atom. The molecular formula is C27H39NO5S. The van der Waals surface area contributed by atoms with E-state index in [0.717, 1.165) is 56.9 Å². The number of nitrogens with one attached hydrogen (secondary N) is 1. The van der Waals surface area contributed by atoms with Crippen LogP contribution >= 0.6 is 11.3 Å². The highest BCUT2D eigenvalue weighted by molar-refractivity contribution is 7.17. The van der Waals surface area contributed by atoms with Crippen molar-refractivity contribution in [3.63, 3.8) is 0 Å². The van der Waals surface area contributed by atoms with E-state index in [4.69, 9.17) is 4.74 Å². The third-order valence-corrected chi connectivity index (χ3v) is 9.17. The summed E-state index contributed by atoms with van der Waals surface area (Å²) in [5, 5.41) is 13.4. The van der Waals surface area contributed by atoms with E-state index in [9.17, 15) is 19.5 Å². The largest absolute Gasteiger partial charge is 0.481 e. The third-order valence-electron chi connectivity index (χ3n) is 7.96. The van der Waals surface area contributed by atoms with Gasteiger partial charge < -0.3 is 15.2 Å². The van der Waals surface area contributed by atoms with Crippen LogP contribution in [-0.2, 0) is 27.2 Å². The van der Waals surface area contributed by atoms with Crippen LogP contribution in [0.4, 0.5) is 5.00 Å². The molecule has 6 nitrogen and oxygen atoms in total. The van der Waals surface area contributed by atoms with Gasteiger partial charge in [-0.15, -0.1) is 11.3 Å². The highest BCUT2D eigenvalue weighted by Gasteiger charge is 2.54. The number of ether oxygens (including phenoxy) is 1. The molecule has 4 atom stereocenters. The summed E-state index contributed by atoms with van der Waals surface area (Å²) in [6, 6.07) is 0. The van der Waals surface area contributed by atoms with Gasteiger partial charge in [0.2, 0.25) is 5.91 Å². The lowest BCUT2D eigenvalue weighted by Crippen LogP contribution is -2.38. The Labute approximate surface area is 206 Å². The molecule has 1 aromatic rings. The SMILES string of the molecule is CC(C)OC(=O)c1c(NC(=O)[C@@H]2[C@H]3CC[C@@H](C3)[C@H]2C(=O)O)sc2c1CCCCCCCCCC2. The number of carbonyl (C=O) groups is 3. The second-order valence-corrected chi connectivity index (χ2v) is 11.8. The quantitative estimate of drug-likeness (QED) is 0.479. The molecule has 0 saturated heterocycles. The molecule has 2 fully saturated rings. The first-order valence-electron chi connectivity index (χ1n) is 13.3. The van der Waals surface area contributed by atoms with E-state index < -0.39 is 17.8 Å². The first kappa shape index (κ1) is 25.2. The van der Waals surface area contributed by atoms with Crippen LogP contribution in [0, 0.1) is 23.7 Å². The molecule has 2 N–H and O–H groups in total. The van der Waals surface area contributed by atoms with Crippen LogP contribution in [0.5, 0.6) is 0 Å². The molecule has 34 heavy (non-hydrogen) atoms. The van der Waals surface area contributed by atoms with Crippen LogP contribution in [-0.4, -0.2) is 29.1 Å². The highest BCUT2D eigenvalue weighted by atomic mass is 32.1. The van der Waals surface area contributed by atoms with Gasteiger partial charge in [-0.1, -0.05) is 38.5 Å². The van der Waals surface area contributed by atoms with Gasteiger partial charge in [0.25, 0.3) is 0 Å². The Kier molecular flexibility index (Phi) is 8.33. The minimum atomic E-state index is -0.870. The van der Waals surface area contributed by atoms with Gasteiger partial charge >= 0.3 is 11.9 Å². The maximum Gasteiger partial charge on any atom is 0.341 e. The number of carboxylic acids is 1. The zero-order chi connectivity index (χ0) is 24.2. The molecule has 0 radical (unpaired) electrons. The lowest BCUT2D eigenvalue weighted by atomic mass is 9.78. The van der Waals surface area contributed by atoms with E-state index in [1.54, 1.807) is 0 Å². The first-order chi connectivity index (χ1) is 16.4. The van der Waals surface area contributed by atoms with Crippen molar-refractivity contribution in [3.8, 4) is 0 Å². The average Bonchev–Trinajstić information content (AvgIpc) is 3.46. The molecule has 1 amide bonds. The lowest BCUT2D eigenvalue weighted by molar-refractivity contribution is -0.148. The monoisotopic (exact) mass is 489 g/mol. The van der Waals surface area contributed by atoms with Crippen molar-refractivity contribution in [1.29, 1.82) is 0 Å². The van der Waals surface area contributed by atoms with Crippen LogP contribution in [0.1, 0.15) is 105 Å². The minimum absolute atomic E-state index is 0.0903. The van der Waals surface area contributed by atoms with Crippen LogP contribution in [0.25, 0.3) is 0 Å². The number of carboxylic acid groups (broad SMARTS) is 1. The zero-order valence-electron chi connectivity index (χ0n) is 20.6. The standard InChI is InChI=1S/C27H39NO5S/c1-16(2)33-27(32)23-19-11-9-7-5-3-4-6-8-10-12-20(19)34-25(23)28-24(29)21-17-13-14-18(15-17)22(21)26(30)31/h16-18,21-22H,3-15H2,1-2H3,(H,28,29)(H,30,31)/t17-,18-,21+,22+/m0/s1. The average molecular weight is 490 g/mol. The summed E-state index contributed by atoms with van der Waals surface area (Å²) in [5.74, 6) is -2.41. The number of carbonyl (C=O) groups excluding carboxylic acids is 2. The van der Waals surface area contributed by atoms with Crippen molar-refractivity contribution >= 4 is 34.2 Å². The predicted octanol–water partition coefficient (Wildman–Crippen LogP) is 6.22. The van der Waals surface area contributed by atoms with Crippen molar-refractivity contribution in [1.82, 2.24) is 0 Å². The lowest BCUT2D eigenvalue weighted by Gasteiger charge is -2.27. The van der Waals surface area contributed by atoms with Crippen LogP contribution in [0.3, 0.4) is 0 Å². The number of anilines is 1. The molecule has 7 heteroatoms. The van der Waals surface area contributed by atoms with Crippen molar-refractivity contribution in [2.45, 2.75) is 103 Å². The Morgan fingerprint density at radius 3 is 2.12 bits per heavy atom. The van der Waals surface area contributed by atoms with Gasteiger partial charge in [-0.3, -0.25) is 9.59 Å². The minimum Gasteiger partial charge on any atom is -0.481 e. The van der Waals surface area contributed by atoms with Gasteiger partial charge in [-0.05, 0) is 76.2 Å². The van der Waals surface area contributed by atoms with E-state index in [-0.39, 0.29) is 29.8 Å². The molecule has 0 spiro atoms. The molecule has 0 aromatic carbocycles. The molecule has 2 saturated carbocycles. The number of rotatable bonds is 5. The van der Waals surface area contributed by atoms with Gasteiger partial charge in [0.05, 0.1) is 23.5 Å². The molecule has 2 bridgehead atoms. The summed E-state index contributed by atoms with van der Waals surface area (Å²) in [6.45, 7) is 3.67. The fourth-order valence-electron chi connectivity index (χ4n) is 6.42. The summed E-state index contributed by atoms with van der Waals surface area (Å²) in [4.78, 5) is 39.8. The molecule has 0 unspecified atom stereocenters. The summed E-state index contributed by atoms with van der Waals surface area (Å²) in [7, 11) is 0. The number of esters is 1. The number of aliphatic carboxylic acids is 1. The molecule has 188 valence electrons. The number of amides is 1. The second kappa shape index (κ2) is 11.2. The summed E-state index contributed by atoms with van der Waals surface area (Å²) in [5.41, 5.74) is 1.54. The van der Waals surface area contributed by atoms with Gasteiger partial charge in [0.1, 0.15) is 5.00 Å². The number of hydrogen-bond donors (Lipinski definition) is 2. The molecule has 1 heterocycles. The van der Waals surface area contributed by atoms with Crippen LogP contribution < -0.4 is 5.32 Å². The second-order valence-electron chi connectivity index (χ2n) is 10.7. The van der Waals surface area contributed by atoms with E-state index in [1.165, 1.54) is 48.3 Å². The predicted molar refractivity (Wildman–Crippen MR) is 133 cm³/mol. The molecule has 0 aliphatic heterocycles. The van der Waals surface area contributed by atoms with Crippen LogP contribution in [0.15, 0.2) is 0 Å². The number of thiophene rings is 1. The fraction of sp³-hybridized carbons (Fsp3) is 0.741. The third kappa shape index (κ3) is 5.50. The normalized spacial score (nSPS) is 27.5. The maximum absolute atomic E-state index is 13.4. The number of fused-ring (bicyclic) bond motifs is 3. The van der Waals surface area contributed by atoms with E-state index in [1.807, 2.05) is 13.8 Å². The van der Waals surface area contributed by atoms with Gasteiger partial charge in [0, 0.05) is 4.88 Å². The Morgan fingerprint density at radius 1 is 0.912 bits per heavy atom. The van der Waals surface area contributed by atoms with Crippen molar-refractivity contribution in [2.75, 3.05) is 5.32 Å². The molecule has 4 rings (SSSR count). The molecular weight excluding hydrogens is 450 g/mol. The maximum atomic E-state index is 13.4.